The standard InChI is InChI=1S/C41H28N8O5S4/c1-3-48-21-32(57-37(48)26(17-42)18-43)46-30-15-28-33(55-30)34-29(16-31(56-34)47-35-36(50)49(4-2)38(58-35)27(19-44)20-45)41(28,39(51)53-22-24-11-7-5-8-12-24)40(52)54-23-25-13-9-6-10-14-25/h5-16H,3-4,21-23H2,1-2H3. The largest absolute Gasteiger partial charge is 0.459 e. The smallest absolute Gasteiger partial charge is 0.333 e. The van der Waals surface area contributed by atoms with Crippen molar-refractivity contribution < 1.29 is 23.9 Å². The highest BCUT2D eigenvalue weighted by molar-refractivity contribution is 8.19. The lowest BCUT2D eigenvalue weighted by molar-refractivity contribution is -0.164. The minimum absolute atomic E-state index is 0.0128. The van der Waals surface area contributed by atoms with Crippen LogP contribution in [-0.4, -0.2) is 57.4 Å². The highest BCUT2D eigenvalue weighted by Gasteiger charge is 2.60. The molecule has 2 aliphatic heterocycles. The number of nitrogens with zero attached hydrogens (tertiary/aromatic N) is 8. The zero-order chi connectivity index (χ0) is 41.0. The molecule has 58 heavy (non-hydrogen) atoms. The van der Waals surface area contributed by atoms with E-state index in [-0.39, 0.29) is 51.5 Å². The van der Waals surface area contributed by atoms with Crippen molar-refractivity contribution in [2.45, 2.75) is 32.5 Å². The third kappa shape index (κ3) is 7.17. The molecule has 0 bridgehead atoms. The van der Waals surface area contributed by atoms with Gasteiger partial charge in [-0.05, 0) is 48.9 Å². The maximum atomic E-state index is 14.8. The Bertz CT molecular complexity index is 2570. The number of thiophene rings is 2. The van der Waals surface area contributed by atoms with Crippen molar-refractivity contribution in [1.29, 1.82) is 21.0 Å². The summed E-state index contributed by atoms with van der Waals surface area (Å²) in [5.41, 5.74) is -0.391. The number of ether oxygens (including phenoxy) is 2. The first-order valence-electron chi connectivity index (χ1n) is 17.6. The average Bonchev–Trinajstić information content (AvgIpc) is 4.06. The van der Waals surface area contributed by atoms with Crippen LogP contribution in [0, 0.1) is 45.3 Å². The van der Waals surface area contributed by atoms with Gasteiger partial charge in [-0.2, -0.15) is 21.0 Å². The molecule has 0 atom stereocenters. The van der Waals surface area contributed by atoms with Crippen LogP contribution in [0.5, 0.6) is 0 Å². The van der Waals surface area contributed by atoms with E-state index in [2.05, 4.69) is 4.99 Å². The molecule has 4 aromatic rings. The minimum atomic E-state index is -2.13. The second-order valence-corrected chi connectivity index (χ2v) is 16.6. The number of fused-ring (bicyclic) bond motifs is 3. The molecule has 7 rings (SSSR count). The summed E-state index contributed by atoms with van der Waals surface area (Å²) >= 11 is 4.51. The van der Waals surface area contributed by atoms with Crippen molar-refractivity contribution in [1.82, 2.24) is 9.80 Å². The molecule has 0 radical (unpaired) electrons. The van der Waals surface area contributed by atoms with Crippen LogP contribution in [-0.2, 0) is 42.5 Å². The molecule has 0 spiro atoms. The fourth-order valence-corrected chi connectivity index (χ4v) is 11.1. The number of carbonyl (C=O) groups excluding carboxylic acids is 3. The number of amides is 1. The summed E-state index contributed by atoms with van der Waals surface area (Å²) in [4.78, 5) is 56.9. The zero-order valence-electron chi connectivity index (χ0n) is 30.7. The van der Waals surface area contributed by atoms with Gasteiger partial charge >= 0.3 is 11.9 Å². The first-order chi connectivity index (χ1) is 28.2. The topological polar surface area (TPSA) is 196 Å². The van der Waals surface area contributed by atoms with Gasteiger partial charge in [-0.25, -0.2) is 9.98 Å². The summed E-state index contributed by atoms with van der Waals surface area (Å²) in [5.74, 6) is -2.26. The number of carbonyl (C=O) groups is 3. The quantitative estimate of drug-likeness (QED) is 0.0855. The van der Waals surface area contributed by atoms with Crippen LogP contribution in [0.25, 0.3) is 9.75 Å². The third-order valence-electron chi connectivity index (χ3n) is 9.20. The summed E-state index contributed by atoms with van der Waals surface area (Å²) < 4.78 is 12.0. The molecule has 3 aliphatic rings. The fourth-order valence-electron chi connectivity index (χ4n) is 6.46. The molecule has 2 fully saturated rings. The van der Waals surface area contributed by atoms with Crippen molar-refractivity contribution in [2.75, 3.05) is 19.6 Å². The van der Waals surface area contributed by atoms with Crippen molar-refractivity contribution in [3.8, 4) is 34.0 Å². The van der Waals surface area contributed by atoms with Gasteiger partial charge in [0.15, 0.2) is 16.2 Å². The summed E-state index contributed by atoms with van der Waals surface area (Å²) in [7, 11) is 0. The maximum absolute atomic E-state index is 14.8. The second-order valence-electron chi connectivity index (χ2n) is 12.5. The van der Waals surface area contributed by atoms with Crippen LogP contribution in [0.1, 0.15) is 36.1 Å². The number of allylic oxidation sites excluding steroid dienone is 2. The Hall–Kier alpha value is -6.47. The predicted molar refractivity (Wildman–Crippen MR) is 221 cm³/mol. The molecule has 13 nitrogen and oxygen atoms in total. The van der Waals surface area contributed by atoms with Crippen LogP contribution < -0.4 is 0 Å². The Labute approximate surface area is 349 Å². The van der Waals surface area contributed by atoms with Gasteiger partial charge in [0.25, 0.3) is 5.91 Å². The third-order valence-corrected chi connectivity index (χ3v) is 13.6. The highest BCUT2D eigenvalue weighted by Crippen LogP contribution is 2.60. The molecule has 0 saturated carbocycles. The second kappa shape index (κ2) is 16.9. The van der Waals surface area contributed by atoms with Gasteiger partial charge in [0.05, 0.1) is 16.3 Å². The van der Waals surface area contributed by atoms with Crippen LogP contribution in [0.2, 0.25) is 0 Å². The first kappa shape index (κ1) is 39.8. The van der Waals surface area contributed by atoms with Crippen molar-refractivity contribution >= 4 is 84.1 Å². The predicted octanol–water partition coefficient (Wildman–Crippen LogP) is 7.80. The molecule has 4 heterocycles. The zero-order valence-corrected chi connectivity index (χ0v) is 34.0. The van der Waals surface area contributed by atoms with E-state index in [4.69, 9.17) is 14.5 Å². The van der Waals surface area contributed by atoms with E-state index in [9.17, 15) is 35.4 Å². The van der Waals surface area contributed by atoms with E-state index >= 15 is 0 Å². The maximum Gasteiger partial charge on any atom is 0.333 e. The molecule has 0 N–H and O–H groups in total. The van der Waals surface area contributed by atoms with E-state index in [0.29, 0.717) is 54.6 Å². The molecular weight excluding hydrogens is 813 g/mol. The number of esters is 2. The van der Waals surface area contributed by atoms with Gasteiger partial charge in [0.1, 0.15) is 62.6 Å². The lowest BCUT2D eigenvalue weighted by Crippen LogP contribution is -2.45. The van der Waals surface area contributed by atoms with E-state index in [0.717, 1.165) is 23.1 Å². The van der Waals surface area contributed by atoms with Gasteiger partial charge in [0.2, 0.25) is 5.41 Å². The summed E-state index contributed by atoms with van der Waals surface area (Å²) in [5, 5.41) is 40.3. The lowest BCUT2D eigenvalue weighted by atomic mass is 9.79. The van der Waals surface area contributed by atoms with Crippen LogP contribution >= 0.6 is 46.2 Å². The molecule has 2 saturated heterocycles. The SMILES string of the molecule is CCN1CC(=Nc2cc3c(s2)-c2sc(N=C4SC(=C(C#N)C#N)N(CC)C4=O)cc2C3(C(=O)OCc2ccccc2)C(=O)OCc2ccccc2)SC1=C(C#N)C#N. The van der Waals surface area contributed by atoms with E-state index in [1.165, 1.54) is 28.0 Å². The summed E-state index contributed by atoms with van der Waals surface area (Å²) in [6, 6.07) is 28.9. The van der Waals surface area contributed by atoms with Gasteiger partial charge in [0, 0.05) is 24.2 Å². The highest BCUT2D eigenvalue weighted by atomic mass is 32.2. The average molecular weight is 841 g/mol. The van der Waals surface area contributed by atoms with Gasteiger partial charge in [-0.3, -0.25) is 19.3 Å². The van der Waals surface area contributed by atoms with Crippen molar-refractivity contribution in [3.63, 3.8) is 0 Å². The van der Waals surface area contributed by atoms with Crippen LogP contribution in [0.3, 0.4) is 0 Å². The van der Waals surface area contributed by atoms with Crippen LogP contribution in [0.15, 0.2) is 104 Å². The number of hydrogen-bond acceptors (Lipinski definition) is 16. The lowest BCUT2D eigenvalue weighted by Gasteiger charge is -2.26. The number of benzene rings is 2. The van der Waals surface area contributed by atoms with Crippen molar-refractivity contribution in [2.24, 2.45) is 9.98 Å². The summed E-state index contributed by atoms with van der Waals surface area (Å²) in [6.45, 7) is 4.43. The molecule has 17 heteroatoms. The monoisotopic (exact) mass is 840 g/mol. The van der Waals surface area contributed by atoms with E-state index < -0.39 is 23.3 Å². The number of rotatable bonds is 10. The Morgan fingerprint density at radius 2 is 1.22 bits per heavy atom. The van der Waals surface area contributed by atoms with Crippen LogP contribution in [0.4, 0.5) is 10.0 Å². The number of aliphatic imine (C=N–C) groups is 2. The molecule has 1 amide bonds. The van der Waals surface area contributed by atoms with Crippen molar-refractivity contribution in [3.05, 3.63) is 116 Å². The first-order valence-corrected chi connectivity index (χ1v) is 20.9. The molecule has 0 unspecified atom stereocenters. The van der Waals surface area contributed by atoms with E-state index in [1.54, 1.807) is 43.3 Å². The Kier molecular flexibility index (Phi) is 11.6. The summed E-state index contributed by atoms with van der Waals surface area (Å²) in [6.07, 6.45) is 0. The number of thioether (sulfide) groups is 2. The minimum Gasteiger partial charge on any atom is -0.459 e. The molecular formula is C41H28N8O5S4. The molecule has 2 aromatic heterocycles. The van der Waals surface area contributed by atoms with Gasteiger partial charge in [-0.15, -0.1) is 22.7 Å². The normalized spacial score (nSPS) is 16.3. The number of nitriles is 4. The molecule has 1 aliphatic carbocycles. The Morgan fingerprint density at radius 3 is 1.71 bits per heavy atom. The van der Waals surface area contributed by atoms with Gasteiger partial charge < -0.3 is 14.4 Å². The molecule has 2 aromatic carbocycles. The fraction of sp³-hybridized carbons (Fsp3) is 0.195. The van der Waals surface area contributed by atoms with Gasteiger partial charge in [-0.1, -0.05) is 72.4 Å². The molecule has 286 valence electrons. The van der Waals surface area contributed by atoms with E-state index in [1.807, 2.05) is 72.5 Å². The number of hydrogen-bond donors (Lipinski definition) is 0. The Morgan fingerprint density at radius 1 is 0.724 bits per heavy atom. The Balaban J connectivity index is 1.38.